The minimum Gasteiger partial charge on any atom is -0.391 e. The Morgan fingerprint density at radius 2 is 2.21 bits per heavy atom. The molecule has 5 N–H and O–H groups in total. The van der Waals surface area contributed by atoms with Crippen molar-refractivity contribution in [1.29, 1.82) is 0 Å². The lowest BCUT2D eigenvalue weighted by molar-refractivity contribution is 0.0999. The van der Waals surface area contributed by atoms with Crippen molar-refractivity contribution in [2.75, 3.05) is 0 Å². The smallest absolute Gasteiger partial charge is 0.250 e. The highest BCUT2D eigenvalue weighted by Crippen LogP contribution is 2.13. The van der Waals surface area contributed by atoms with E-state index in [0.29, 0.717) is 11.1 Å². The molecule has 1 aromatic heterocycles. The summed E-state index contributed by atoms with van der Waals surface area (Å²) in [5.74, 6) is -0.558. The first-order valence-electron chi connectivity index (χ1n) is 4.20. The lowest BCUT2D eigenvalue weighted by atomic mass is 10.0. The molecule has 0 radical (unpaired) electrons. The molecule has 0 spiro atoms. The van der Waals surface area contributed by atoms with Crippen LogP contribution in [0.15, 0.2) is 18.5 Å². The summed E-state index contributed by atoms with van der Waals surface area (Å²) in [5, 5.41) is 9.23. The summed E-state index contributed by atoms with van der Waals surface area (Å²) in [4.78, 5) is 14.6. The largest absolute Gasteiger partial charge is 0.391 e. The zero-order chi connectivity index (χ0) is 10.7. The molecule has 0 bridgehead atoms. The third kappa shape index (κ3) is 2.27. The summed E-state index contributed by atoms with van der Waals surface area (Å²) in [6, 6.07) is 0.981. The lowest BCUT2D eigenvalue weighted by Crippen LogP contribution is -2.24. The maximum absolute atomic E-state index is 10.8. The van der Waals surface area contributed by atoms with Crippen LogP contribution in [0.25, 0.3) is 0 Å². The van der Waals surface area contributed by atoms with E-state index in [9.17, 15) is 9.90 Å². The van der Waals surface area contributed by atoms with Crippen LogP contribution in [0.5, 0.6) is 0 Å². The SMILES string of the molecule is C[C@@H](O)[C@H](N)c1cncc(C(N)=O)c1. The Kier molecular flexibility index (Phi) is 3.16. The molecule has 5 nitrogen and oxygen atoms in total. The zero-order valence-corrected chi connectivity index (χ0v) is 7.84. The van der Waals surface area contributed by atoms with Crippen LogP contribution in [0.1, 0.15) is 28.9 Å². The van der Waals surface area contributed by atoms with Crippen molar-refractivity contribution in [3.8, 4) is 0 Å². The average Bonchev–Trinajstić information content (AvgIpc) is 2.16. The second-order valence-electron chi connectivity index (χ2n) is 3.14. The number of carbonyl (C=O) groups is 1. The fourth-order valence-electron chi connectivity index (χ4n) is 1.05. The van der Waals surface area contributed by atoms with Gasteiger partial charge in [-0.1, -0.05) is 0 Å². The van der Waals surface area contributed by atoms with Gasteiger partial charge >= 0.3 is 0 Å². The summed E-state index contributed by atoms with van der Waals surface area (Å²) < 4.78 is 0. The van der Waals surface area contributed by atoms with Gasteiger partial charge in [-0.25, -0.2) is 0 Å². The van der Waals surface area contributed by atoms with E-state index in [1.165, 1.54) is 18.5 Å². The van der Waals surface area contributed by atoms with Crippen molar-refractivity contribution < 1.29 is 9.90 Å². The number of hydrogen-bond acceptors (Lipinski definition) is 4. The van der Waals surface area contributed by atoms with Crippen LogP contribution >= 0.6 is 0 Å². The number of rotatable bonds is 3. The minimum atomic E-state index is -0.695. The number of amides is 1. The second kappa shape index (κ2) is 4.17. The van der Waals surface area contributed by atoms with Crippen molar-refractivity contribution in [3.05, 3.63) is 29.6 Å². The predicted octanol–water partition coefficient (Wildman–Crippen LogP) is -0.439. The third-order valence-corrected chi connectivity index (χ3v) is 1.95. The van der Waals surface area contributed by atoms with Gasteiger partial charge < -0.3 is 16.6 Å². The first-order valence-corrected chi connectivity index (χ1v) is 4.20. The molecule has 0 aliphatic rings. The van der Waals surface area contributed by atoms with Gasteiger partial charge in [0, 0.05) is 12.4 Å². The minimum absolute atomic E-state index is 0.290. The van der Waals surface area contributed by atoms with E-state index in [1.807, 2.05) is 0 Å². The van der Waals surface area contributed by atoms with Crippen molar-refractivity contribution >= 4 is 5.91 Å². The first-order chi connectivity index (χ1) is 6.52. The molecule has 1 rings (SSSR count). The lowest BCUT2D eigenvalue weighted by Gasteiger charge is -2.14. The summed E-state index contributed by atoms with van der Waals surface area (Å²) in [6.07, 6.45) is 2.17. The summed E-state index contributed by atoms with van der Waals surface area (Å²) in [5.41, 5.74) is 11.6. The molecule has 0 saturated carbocycles. The maximum Gasteiger partial charge on any atom is 0.250 e. The van der Waals surface area contributed by atoms with Crippen LogP contribution in [0.2, 0.25) is 0 Å². The molecule has 2 atom stereocenters. The van der Waals surface area contributed by atoms with Crippen LogP contribution in [0.3, 0.4) is 0 Å². The van der Waals surface area contributed by atoms with Crippen molar-refractivity contribution in [1.82, 2.24) is 4.98 Å². The maximum atomic E-state index is 10.8. The Morgan fingerprint density at radius 3 is 2.71 bits per heavy atom. The van der Waals surface area contributed by atoms with Crippen LogP contribution < -0.4 is 11.5 Å². The number of aromatic nitrogens is 1. The van der Waals surface area contributed by atoms with Gasteiger partial charge in [0.05, 0.1) is 17.7 Å². The number of nitrogens with zero attached hydrogens (tertiary/aromatic N) is 1. The molecule has 0 fully saturated rings. The van der Waals surface area contributed by atoms with Gasteiger partial charge in [-0.3, -0.25) is 9.78 Å². The molecule has 0 aliphatic carbocycles. The van der Waals surface area contributed by atoms with Crippen LogP contribution in [0.4, 0.5) is 0 Å². The van der Waals surface area contributed by atoms with Gasteiger partial charge in [-0.15, -0.1) is 0 Å². The summed E-state index contributed by atoms with van der Waals surface area (Å²) >= 11 is 0. The van der Waals surface area contributed by atoms with Gasteiger partial charge in [-0.2, -0.15) is 0 Å². The Bertz CT molecular complexity index is 339. The van der Waals surface area contributed by atoms with Gasteiger partial charge in [0.1, 0.15) is 0 Å². The highest BCUT2D eigenvalue weighted by molar-refractivity contribution is 5.92. The zero-order valence-electron chi connectivity index (χ0n) is 7.84. The van der Waals surface area contributed by atoms with E-state index < -0.39 is 18.1 Å². The number of carbonyl (C=O) groups excluding carboxylic acids is 1. The van der Waals surface area contributed by atoms with E-state index >= 15 is 0 Å². The van der Waals surface area contributed by atoms with Crippen LogP contribution in [-0.4, -0.2) is 22.1 Å². The van der Waals surface area contributed by atoms with E-state index in [1.54, 1.807) is 6.92 Å². The molecular formula is C9H13N3O2. The monoisotopic (exact) mass is 195 g/mol. The fourth-order valence-corrected chi connectivity index (χ4v) is 1.05. The van der Waals surface area contributed by atoms with Crippen molar-refractivity contribution in [2.45, 2.75) is 19.1 Å². The number of aliphatic hydroxyl groups is 1. The summed E-state index contributed by atoms with van der Waals surface area (Å²) in [6.45, 7) is 1.57. The molecule has 1 aromatic rings. The molecular weight excluding hydrogens is 182 g/mol. The Balaban J connectivity index is 2.99. The van der Waals surface area contributed by atoms with Gasteiger partial charge in [0.25, 0.3) is 0 Å². The molecule has 1 heterocycles. The molecule has 0 unspecified atom stereocenters. The topological polar surface area (TPSA) is 102 Å². The second-order valence-corrected chi connectivity index (χ2v) is 3.14. The molecule has 0 saturated heterocycles. The van der Waals surface area contributed by atoms with Gasteiger partial charge in [0.15, 0.2) is 0 Å². The van der Waals surface area contributed by atoms with Crippen LogP contribution in [0, 0.1) is 0 Å². The van der Waals surface area contributed by atoms with E-state index in [2.05, 4.69) is 4.98 Å². The molecule has 1 amide bonds. The highest BCUT2D eigenvalue weighted by Gasteiger charge is 2.13. The average molecular weight is 195 g/mol. The molecule has 76 valence electrons. The van der Waals surface area contributed by atoms with E-state index in [0.717, 1.165) is 0 Å². The number of pyridine rings is 1. The molecule has 0 aliphatic heterocycles. The summed E-state index contributed by atoms with van der Waals surface area (Å²) in [7, 11) is 0. The Hall–Kier alpha value is -1.46. The number of aliphatic hydroxyl groups excluding tert-OH is 1. The van der Waals surface area contributed by atoms with Crippen molar-refractivity contribution in [2.24, 2.45) is 11.5 Å². The third-order valence-electron chi connectivity index (χ3n) is 1.95. The van der Waals surface area contributed by atoms with Crippen LogP contribution in [-0.2, 0) is 0 Å². The van der Waals surface area contributed by atoms with E-state index in [-0.39, 0.29) is 0 Å². The van der Waals surface area contributed by atoms with Gasteiger partial charge in [0.2, 0.25) is 5.91 Å². The highest BCUT2D eigenvalue weighted by atomic mass is 16.3. The number of hydrogen-bond donors (Lipinski definition) is 3. The standard InChI is InChI=1S/C9H13N3O2/c1-5(13)8(10)6-2-7(9(11)14)4-12-3-6/h2-5,8,13H,10H2,1H3,(H2,11,14)/t5-,8+/m1/s1. The van der Waals surface area contributed by atoms with Gasteiger partial charge in [-0.05, 0) is 18.6 Å². The fraction of sp³-hybridized carbons (Fsp3) is 0.333. The molecule has 14 heavy (non-hydrogen) atoms. The molecule has 5 heteroatoms. The van der Waals surface area contributed by atoms with Crippen molar-refractivity contribution in [3.63, 3.8) is 0 Å². The normalized spacial score (nSPS) is 14.8. The Labute approximate surface area is 81.7 Å². The Morgan fingerprint density at radius 1 is 1.57 bits per heavy atom. The molecule has 0 aromatic carbocycles. The number of primary amides is 1. The quantitative estimate of drug-likeness (QED) is 0.608. The van der Waals surface area contributed by atoms with E-state index in [4.69, 9.17) is 11.5 Å². The first kappa shape index (κ1) is 10.6. The predicted molar refractivity (Wildman–Crippen MR) is 51.4 cm³/mol. The number of nitrogens with two attached hydrogens (primary N) is 2.